The lowest BCUT2D eigenvalue weighted by molar-refractivity contribution is -0.142. The van der Waals surface area contributed by atoms with Crippen LogP contribution in [0, 0.1) is 0 Å². The summed E-state index contributed by atoms with van der Waals surface area (Å²) in [7, 11) is 5.96. The normalized spacial score (nSPS) is 11.4. The molecule has 4 heterocycles. The number of imidazole rings is 1. The van der Waals surface area contributed by atoms with Gasteiger partial charge in [-0.2, -0.15) is 0 Å². The van der Waals surface area contributed by atoms with Crippen LogP contribution in [-0.2, 0) is 65.5 Å². The number of carbonyl (C=O) groups is 2. The molecule has 0 saturated carbocycles. The van der Waals surface area contributed by atoms with Gasteiger partial charge in [0.15, 0.2) is 11.2 Å². The van der Waals surface area contributed by atoms with Crippen LogP contribution >= 0.6 is 47.8 Å². The van der Waals surface area contributed by atoms with Crippen molar-refractivity contribution >= 4 is 88.0 Å². The van der Waals surface area contributed by atoms with E-state index in [9.17, 15) is 28.8 Å². The summed E-state index contributed by atoms with van der Waals surface area (Å²) in [6, 6.07) is 15.9. The van der Waals surface area contributed by atoms with Gasteiger partial charge in [-0.25, -0.2) is 19.6 Å². The number of alkyl halides is 1. The zero-order valence-electron chi connectivity index (χ0n) is 33.5. The van der Waals surface area contributed by atoms with Gasteiger partial charge in [-0.3, -0.25) is 37.4 Å². The predicted octanol–water partition coefficient (Wildman–Crippen LogP) is 5.78. The molecule has 312 valence electrons. The van der Waals surface area contributed by atoms with Crippen LogP contribution in [0.4, 0.5) is 5.82 Å². The average molecular weight is 1000 g/mol. The number of esters is 2. The van der Waals surface area contributed by atoms with Crippen LogP contribution in [0.2, 0.25) is 0 Å². The number of aromatic nitrogens is 6. The van der Waals surface area contributed by atoms with Crippen molar-refractivity contribution in [1.29, 1.82) is 0 Å². The molecule has 18 heteroatoms. The molecule has 15 nitrogen and oxygen atoms in total. The predicted molar refractivity (Wildman–Crippen MR) is 239 cm³/mol. The maximum Gasteiger partial charge on any atom is 0.332 e. The van der Waals surface area contributed by atoms with Crippen molar-refractivity contribution in [3.8, 4) is 0 Å². The molecule has 0 bridgehead atoms. The molecule has 6 rings (SSSR count). The zero-order chi connectivity index (χ0) is 43.7. The number of halogens is 3. The smallest absolute Gasteiger partial charge is 0.332 e. The van der Waals surface area contributed by atoms with E-state index in [1.54, 1.807) is 32.5 Å². The Morgan fingerprint density at radius 3 is 1.81 bits per heavy atom. The fourth-order valence-corrected chi connectivity index (χ4v) is 7.24. The molecular formula is C41H44Br3N7O8. The molecule has 0 radical (unpaired) electrons. The van der Waals surface area contributed by atoms with Crippen molar-refractivity contribution in [1.82, 2.24) is 27.8 Å². The van der Waals surface area contributed by atoms with Gasteiger partial charge in [-0.05, 0) is 60.4 Å². The minimum Gasteiger partial charge on any atom is -0.466 e. The van der Waals surface area contributed by atoms with E-state index in [0.717, 1.165) is 29.0 Å². The van der Waals surface area contributed by atoms with Crippen LogP contribution in [0.5, 0.6) is 0 Å². The number of aryl methyl sites for hydroxylation is 1. The summed E-state index contributed by atoms with van der Waals surface area (Å²) in [5, 5.41) is 0.923. The van der Waals surface area contributed by atoms with E-state index in [4.69, 9.17) is 9.47 Å². The van der Waals surface area contributed by atoms with E-state index in [2.05, 4.69) is 83.1 Å². The summed E-state index contributed by atoms with van der Waals surface area (Å²) in [5.41, 5.74) is 2.89. The first-order chi connectivity index (χ1) is 27.9. The molecule has 0 unspecified atom stereocenters. The molecular weight excluding hydrogens is 958 g/mol. The molecule has 5 aromatic rings. The van der Waals surface area contributed by atoms with Gasteiger partial charge >= 0.3 is 23.3 Å². The van der Waals surface area contributed by atoms with Crippen molar-refractivity contribution in [3.63, 3.8) is 0 Å². The number of rotatable bonds is 11. The Kier molecular flexibility index (Phi) is 16.3. The molecule has 1 aliphatic heterocycles. The van der Waals surface area contributed by atoms with Crippen molar-refractivity contribution in [2.75, 3.05) is 13.2 Å². The van der Waals surface area contributed by atoms with Gasteiger partial charge in [0.05, 0.1) is 37.3 Å². The van der Waals surface area contributed by atoms with Gasteiger partial charge in [-0.15, -0.1) is 0 Å². The van der Waals surface area contributed by atoms with Crippen molar-refractivity contribution in [2.24, 2.45) is 33.2 Å². The number of hydrogen-bond acceptors (Lipinski definition) is 10. The second kappa shape index (κ2) is 20.7. The fourth-order valence-electron chi connectivity index (χ4n) is 6.00. The van der Waals surface area contributed by atoms with Crippen molar-refractivity contribution in [3.05, 3.63) is 140 Å². The van der Waals surface area contributed by atoms with E-state index in [1.165, 1.54) is 28.8 Å². The number of ether oxygens (including phenoxy) is 2. The summed E-state index contributed by atoms with van der Waals surface area (Å²) in [6.07, 6.45) is 0.229. The molecule has 0 N–H and O–H groups in total. The summed E-state index contributed by atoms with van der Waals surface area (Å²) < 4.78 is 18.3. The Labute approximate surface area is 364 Å². The standard InChI is InChI=1S/C20H21BrN4O4.C14H17N3O4.C7H6Br2/c1-5-29-15(26)9-12(2)17-22-18-16(19(27)24(4)20(28)23(18)3)25(17)11-13-7-6-8-14(21)10-13;1-5-21-11(18)6-8(2)10-7-9-12(15-10)16(3)14(20)17(4)13(9)19;8-5-6-2-1-3-7(9)4-6/h6-8,10H,2,5,9,11H2,1,3-4H3;2,5-7H2,1,3-4H3;1-4H,5H2. The number of aliphatic imine (C=N–C) groups is 1. The molecule has 2 aromatic carbocycles. The number of nitrogens with zero attached hydrogens (tertiary/aromatic N) is 7. The van der Waals surface area contributed by atoms with Crippen LogP contribution in [-0.4, -0.2) is 58.7 Å². The quantitative estimate of drug-likeness (QED) is 0.118. The number of benzene rings is 2. The van der Waals surface area contributed by atoms with Gasteiger partial charge in [0, 0.05) is 55.4 Å². The third-order valence-electron chi connectivity index (χ3n) is 8.98. The van der Waals surface area contributed by atoms with E-state index < -0.39 is 22.9 Å². The highest BCUT2D eigenvalue weighted by atomic mass is 79.9. The summed E-state index contributed by atoms with van der Waals surface area (Å²) in [6.45, 7) is 12.1. The van der Waals surface area contributed by atoms with Crippen LogP contribution in [0.1, 0.15) is 49.2 Å². The molecule has 0 fully saturated rings. The number of hydrogen-bond donors (Lipinski definition) is 0. The topological polar surface area (TPSA) is 171 Å². The Morgan fingerprint density at radius 1 is 0.746 bits per heavy atom. The second-order valence-electron chi connectivity index (χ2n) is 13.2. The first-order valence-corrected chi connectivity index (χ1v) is 20.9. The Morgan fingerprint density at radius 2 is 1.27 bits per heavy atom. The maximum absolute atomic E-state index is 12.9. The van der Waals surface area contributed by atoms with Crippen LogP contribution in [0.25, 0.3) is 16.7 Å². The van der Waals surface area contributed by atoms with E-state index in [-0.39, 0.29) is 48.6 Å². The van der Waals surface area contributed by atoms with Crippen molar-refractivity contribution < 1.29 is 19.1 Å². The van der Waals surface area contributed by atoms with Crippen LogP contribution < -0.4 is 22.5 Å². The highest BCUT2D eigenvalue weighted by Crippen LogP contribution is 2.26. The largest absolute Gasteiger partial charge is 0.466 e. The Hall–Kier alpha value is -5.20. The monoisotopic (exact) mass is 999 g/mol. The van der Waals surface area contributed by atoms with E-state index >= 15 is 0 Å². The van der Waals surface area contributed by atoms with Gasteiger partial charge in [0.25, 0.3) is 11.1 Å². The molecule has 0 aliphatic carbocycles. The molecule has 0 atom stereocenters. The maximum atomic E-state index is 12.9. The van der Waals surface area contributed by atoms with E-state index in [0.29, 0.717) is 47.2 Å². The summed E-state index contributed by atoms with van der Waals surface area (Å²) in [5.74, 6) is -0.113. The number of fused-ring (bicyclic) bond motifs is 2. The highest BCUT2D eigenvalue weighted by molar-refractivity contribution is 9.10. The molecule has 1 aliphatic rings. The third-order valence-corrected chi connectivity index (χ3v) is 10.6. The summed E-state index contributed by atoms with van der Waals surface area (Å²) in [4.78, 5) is 81.4. The molecule has 0 saturated heterocycles. The highest BCUT2D eigenvalue weighted by Gasteiger charge is 2.26. The lowest BCUT2D eigenvalue weighted by atomic mass is 10.0. The number of carbonyl (C=O) groups excluding carboxylic acids is 2. The molecule has 3 aromatic heterocycles. The van der Waals surface area contributed by atoms with Gasteiger partial charge in [0.2, 0.25) is 0 Å². The van der Waals surface area contributed by atoms with Crippen molar-refractivity contribution in [2.45, 2.75) is 45.0 Å². The van der Waals surface area contributed by atoms with Gasteiger partial charge in [-0.1, -0.05) is 85.2 Å². The SMILES string of the molecule is BrCc1cccc(Br)c1.C=C(CC(=O)OCC)C1=Nc2c(c(=O)n(C)c(=O)n2C)C1.C=C(CC(=O)OCC)c1nc2c(c(=O)n(C)c(=O)n2C)n1Cc1cccc(Br)c1. The van der Waals surface area contributed by atoms with E-state index in [1.807, 2.05) is 36.4 Å². The first-order valence-electron chi connectivity index (χ1n) is 18.2. The lowest BCUT2D eigenvalue weighted by Gasteiger charge is -2.11. The van der Waals surface area contributed by atoms with Crippen LogP contribution in [0.3, 0.4) is 0 Å². The Bertz CT molecular complexity index is 2720. The summed E-state index contributed by atoms with van der Waals surface area (Å²) >= 11 is 10.2. The molecule has 0 spiro atoms. The molecule has 0 amide bonds. The van der Waals surface area contributed by atoms with Crippen LogP contribution in [0.15, 0.2) is 100 Å². The minimum absolute atomic E-state index is 0.0227. The average Bonchev–Trinajstić information content (AvgIpc) is 3.82. The third kappa shape index (κ3) is 11.1. The zero-order valence-corrected chi connectivity index (χ0v) is 38.3. The first kappa shape index (κ1) is 46.5. The fraction of sp³-hybridized carbons (Fsp3) is 0.317. The Balaban J connectivity index is 0.000000222. The second-order valence-corrected chi connectivity index (χ2v) is 15.6. The minimum atomic E-state index is -0.475. The van der Waals surface area contributed by atoms with Gasteiger partial charge in [0.1, 0.15) is 11.6 Å². The molecule has 59 heavy (non-hydrogen) atoms. The van der Waals surface area contributed by atoms with Gasteiger partial charge < -0.3 is 14.0 Å². The lowest BCUT2D eigenvalue weighted by Crippen LogP contribution is -2.38.